The van der Waals surface area contributed by atoms with Crippen LogP contribution in [0.4, 0.5) is 0 Å². The summed E-state index contributed by atoms with van der Waals surface area (Å²) < 4.78 is 12.0. The molecule has 1 aliphatic heterocycles. The van der Waals surface area contributed by atoms with Crippen molar-refractivity contribution in [3.8, 4) is 5.69 Å². The van der Waals surface area contributed by atoms with E-state index in [9.17, 15) is 9.59 Å². The average molecular weight is 486 g/mol. The Morgan fingerprint density at radius 1 is 1.20 bits per heavy atom. The summed E-state index contributed by atoms with van der Waals surface area (Å²) in [5, 5.41) is 12.1. The maximum Gasteiger partial charge on any atom is 0.310 e. The van der Waals surface area contributed by atoms with Gasteiger partial charge in [-0.1, -0.05) is 37.3 Å². The van der Waals surface area contributed by atoms with Crippen molar-refractivity contribution >= 4 is 11.9 Å². The smallest absolute Gasteiger partial charge is 0.310 e. The molecule has 2 atom stereocenters. The van der Waals surface area contributed by atoms with Crippen LogP contribution in [-0.2, 0) is 20.7 Å². The van der Waals surface area contributed by atoms with Gasteiger partial charge in [0, 0.05) is 39.4 Å². The largest absolute Gasteiger partial charge is 0.469 e. The number of benzene rings is 1. The zero-order chi connectivity index (χ0) is 25.4. The molecule has 9 heteroatoms. The Bertz CT molecular complexity index is 990. The van der Waals surface area contributed by atoms with Crippen LogP contribution in [0.2, 0.25) is 0 Å². The van der Waals surface area contributed by atoms with Crippen LogP contribution < -0.4 is 5.32 Å². The van der Waals surface area contributed by atoms with Crippen molar-refractivity contribution in [2.75, 3.05) is 40.5 Å². The second-order valence-electron chi connectivity index (χ2n) is 9.65. The van der Waals surface area contributed by atoms with Crippen LogP contribution in [0.25, 0.3) is 5.69 Å². The first-order chi connectivity index (χ1) is 16.9. The standard InChI is InChI=1S/C26H39N5O4/c1-18(2)17-30(21-14-20(15-27-16-21)26(33)35-5)25(32)24-23(12-8-9-13-34-4)31(29-28-24)22-11-7-6-10-19(22)3/h6-7,10-11,18,20-21,27H,8-9,12-17H2,1-5H3/t20-,21+/m1/s1. The maximum absolute atomic E-state index is 14.0. The van der Waals surface area contributed by atoms with E-state index in [1.807, 2.05) is 36.1 Å². The van der Waals surface area contributed by atoms with E-state index in [0.717, 1.165) is 29.8 Å². The number of methoxy groups -OCH3 is 2. The fourth-order valence-corrected chi connectivity index (χ4v) is 4.66. The molecule has 9 nitrogen and oxygen atoms in total. The highest BCUT2D eigenvalue weighted by atomic mass is 16.5. The van der Waals surface area contributed by atoms with Crippen LogP contribution in [0.3, 0.4) is 0 Å². The number of nitrogens with zero attached hydrogens (tertiary/aromatic N) is 4. The molecule has 2 aromatic rings. The first-order valence-corrected chi connectivity index (χ1v) is 12.5. The van der Waals surface area contributed by atoms with E-state index >= 15 is 0 Å². The lowest BCUT2D eigenvalue weighted by Gasteiger charge is -2.37. The van der Waals surface area contributed by atoms with Gasteiger partial charge < -0.3 is 19.7 Å². The van der Waals surface area contributed by atoms with E-state index in [2.05, 4.69) is 29.5 Å². The molecule has 1 amide bonds. The van der Waals surface area contributed by atoms with Gasteiger partial charge >= 0.3 is 5.97 Å². The third-order valence-electron chi connectivity index (χ3n) is 6.45. The molecule has 1 aromatic heterocycles. The predicted molar refractivity (Wildman–Crippen MR) is 134 cm³/mol. The zero-order valence-corrected chi connectivity index (χ0v) is 21.6. The van der Waals surface area contributed by atoms with Crippen molar-refractivity contribution in [2.24, 2.45) is 11.8 Å². The van der Waals surface area contributed by atoms with E-state index in [-0.39, 0.29) is 29.8 Å². The van der Waals surface area contributed by atoms with Gasteiger partial charge in [-0.3, -0.25) is 9.59 Å². The lowest BCUT2D eigenvalue weighted by atomic mass is 9.93. The molecule has 0 aliphatic carbocycles. The summed E-state index contributed by atoms with van der Waals surface area (Å²) >= 11 is 0. The molecule has 3 rings (SSSR count). The number of hydrogen-bond acceptors (Lipinski definition) is 7. The molecule has 1 N–H and O–H groups in total. The lowest BCUT2D eigenvalue weighted by molar-refractivity contribution is -0.146. The number of piperidine rings is 1. The number of amides is 1. The second-order valence-corrected chi connectivity index (χ2v) is 9.65. The van der Waals surface area contributed by atoms with Crippen LogP contribution >= 0.6 is 0 Å². The molecule has 0 radical (unpaired) electrons. The van der Waals surface area contributed by atoms with Crippen molar-refractivity contribution in [2.45, 2.75) is 52.5 Å². The van der Waals surface area contributed by atoms with Crippen LogP contribution in [0.5, 0.6) is 0 Å². The van der Waals surface area contributed by atoms with Gasteiger partial charge in [0.25, 0.3) is 5.91 Å². The second kappa shape index (κ2) is 12.8. The number of carbonyl (C=O) groups excluding carboxylic acids is 2. The minimum Gasteiger partial charge on any atom is -0.469 e. The summed E-state index contributed by atoms with van der Waals surface area (Å²) in [6, 6.07) is 7.84. The van der Waals surface area contributed by atoms with Crippen LogP contribution in [0.1, 0.15) is 54.9 Å². The number of aryl methyl sites for hydroxylation is 1. The van der Waals surface area contributed by atoms with Crippen LogP contribution in [0, 0.1) is 18.8 Å². The third kappa shape index (κ3) is 6.67. The maximum atomic E-state index is 14.0. The normalized spacial score (nSPS) is 18.0. The molecule has 1 aliphatic rings. The molecule has 1 saturated heterocycles. The van der Waals surface area contributed by atoms with Gasteiger partial charge in [0.15, 0.2) is 5.69 Å². The Labute approximate surface area is 208 Å². The zero-order valence-electron chi connectivity index (χ0n) is 21.6. The number of aromatic nitrogens is 3. The minimum absolute atomic E-state index is 0.132. The Morgan fingerprint density at radius 2 is 1.97 bits per heavy atom. The highest BCUT2D eigenvalue weighted by Crippen LogP contribution is 2.24. The Kier molecular flexibility index (Phi) is 9.80. The number of carbonyl (C=O) groups is 2. The highest BCUT2D eigenvalue weighted by molar-refractivity contribution is 5.93. The number of para-hydroxylation sites is 1. The van der Waals surface area contributed by atoms with Crippen LogP contribution in [-0.4, -0.2) is 78.3 Å². The lowest BCUT2D eigenvalue weighted by Crippen LogP contribution is -2.53. The molecule has 0 unspecified atom stereocenters. The monoisotopic (exact) mass is 485 g/mol. The molecular weight excluding hydrogens is 446 g/mol. The summed E-state index contributed by atoms with van der Waals surface area (Å²) in [5.41, 5.74) is 3.17. The summed E-state index contributed by atoms with van der Waals surface area (Å²) in [6.45, 7) is 8.62. The SMILES string of the molecule is COCCCCc1c(C(=O)N(CC(C)C)[C@@H]2CNC[C@H](C(=O)OC)C2)nnn1-c1ccccc1C. The van der Waals surface area contributed by atoms with Crippen molar-refractivity contribution in [1.29, 1.82) is 0 Å². The van der Waals surface area contributed by atoms with Gasteiger partial charge in [-0.15, -0.1) is 5.10 Å². The number of ether oxygens (including phenoxy) is 2. The number of nitrogens with one attached hydrogen (secondary N) is 1. The van der Waals surface area contributed by atoms with Gasteiger partial charge in [-0.05, 0) is 50.2 Å². The minimum atomic E-state index is -0.280. The van der Waals surface area contributed by atoms with Gasteiger partial charge in [0.05, 0.1) is 24.4 Å². The van der Waals surface area contributed by atoms with E-state index in [1.165, 1.54) is 7.11 Å². The van der Waals surface area contributed by atoms with Crippen molar-refractivity contribution in [3.05, 3.63) is 41.2 Å². The Hall–Kier alpha value is -2.78. The molecule has 192 valence electrons. The number of esters is 1. The molecule has 0 saturated carbocycles. The molecule has 2 heterocycles. The average Bonchev–Trinajstić information content (AvgIpc) is 3.28. The molecule has 1 fully saturated rings. The summed E-state index contributed by atoms with van der Waals surface area (Å²) in [7, 11) is 3.10. The predicted octanol–water partition coefficient (Wildman–Crippen LogP) is 2.79. The summed E-state index contributed by atoms with van der Waals surface area (Å²) in [4.78, 5) is 28.1. The Balaban J connectivity index is 1.95. The van der Waals surface area contributed by atoms with Crippen LogP contribution in [0.15, 0.2) is 24.3 Å². The van der Waals surface area contributed by atoms with Gasteiger partial charge in [0.2, 0.25) is 0 Å². The first kappa shape index (κ1) is 26.8. The van der Waals surface area contributed by atoms with Crippen molar-refractivity contribution in [1.82, 2.24) is 25.2 Å². The van der Waals surface area contributed by atoms with E-state index in [0.29, 0.717) is 44.8 Å². The molecule has 1 aromatic carbocycles. The quantitative estimate of drug-likeness (QED) is 0.386. The summed E-state index contributed by atoms with van der Waals surface area (Å²) in [5.74, 6) is -0.410. The van der Waals surface area contributed by atoms with Gasteiger partial charge in [0.1, 0.15) is 0 Å². The number of rotatable bonds is 11. The number of unbranched alkanes of at least 4 members (excludes halogenated alkanes) is 1. The first-order valence-electron chi connectivity index (χ1n) is 12.5. The van der Waals surface area contributed by atoms with E-state index in [1.54, 1.807) is 11.8 Å². The number of hydrogen-bond donors (Lipinski definition) is 1. The van der Waals surface area contributed by atoms with E-state index < -0.39 is 0 Å². The fourth-order valence-electron chi connectivity index (χ4n) is 4.66. The molecule has 35 heavy (non-hydrogen) atoms. The van der Waals surface area contributed by atoms with E-state index in [4.69, 9.17) is 9.47 Å². The third-order valence-corrected chi connectivity index (χ3v) is 6.45. The molecular formula is C26H39N5O4. The fraction of sp³-hybridized carbons (Fsp3) is 0.615. The van der Waals surface area contributed by atoms with Gasteiger partial charge in [-0.25, -0.2) is 4.68 Å². The Morgan fingerprint density at radius 3 is 2.66 bits per heavy atom. The van der Waals surface area contributed by atoms with Crippen molar-refractivity contribution < 1.29 is 19.1 Å². The molecule has 0 bridgehead atoms. The van der Waals surface area contributed by atoms with Gasteiger partial charge in [-0.2, -0.15) is 0 Å². The highest BCUT2D eigenvalue weighted by Gasteiger charge is 2.36. The molecule has 0 spiro atoms. The summed E-state index contributed by atoms with van der Waals surface area (Å²) in [6.07, 6.45) is 2.96. The topological polar surface area (TPSA) is 98.6 Å². The van der Waals surface area contributed by atoms with Crippen molar-refractivity contribution in [3.63, 3.8) is 0 Å².